The van der Waals surface area contributed by atoms with Crippen molar-refractivity contribution >= 4 is 23.2 Å². The predicted octanol–water partition coefficient (Wildman–Crippen LogP) is 0.327. The van der Waals surface area contributed by atoms with Gasteiger partial charge in [-0.25, -0.2) is 4.79 Å². The third-order valence-corrected chi connectivity index (χ3v) is 7.16. The molecule has 4 unspecified atom stereocenters. The summed E-state index contributed by atoms with van der Waals surface area (Å²) in [5.41, 5.74) is 3.99. The van der Waals surface area contributed by atoms with Crippen LogP contribution in [-0.2, 0) is 22.7 Å². The molecule has 9 nitrogen and oxygen atoms in total. The molecule has 4 N–H and O–H groups in total. The summed E-state index contributed by atoms with van der Waals surface area (Å²) < 4.78 is 2.07. The van der Waals surface area contributed by atoms with Crippen LogP contribution in [0.1, 0.15) is 46.0 Å². The van der Waals surface area contributed by atoms with Crippen LogP contribution in [0, 0.1) is 23.2 Å². The highest BCUT2D eigenvalue weighted by Gasteiger charge is 2.64. The van der Waals surface area contributed by atoms with Crippen molar-refractivity contribution in [1.29, 1.82) is 0 Å². The Hall–Kier alpha value is -2.42. The monoisotopic (exact) mass is 404 g/mol. The van der Waals surface area contributed by atoms with Crippen LogP contribution in [-0.4, -0.2) is 32.0 Å². The van der Waals surface area contributed by atoms with Crippen molar-refractivity contribution in [2.24, 2.45) is 23.2 Å². The Morgan fingerprint density at radius 1 is 1.21 bits per heavy atom. The van der Waals surface area contributed by atoms with Crippen molar-refractivity contribution in [2.75, 3.05) is 11.1 Å². The number of nitrogens with zero attached hydrogens (tertiary/aromatic N) is 2. The third-order valence-electron chi connectivity index (χ3n) is 7.16. The van der Waals surface area contributed by atoms with Crippen molar-refractivity contribution in [3.8, 4) is 0 Å². The van der Waals surface area contributed by atoms with Gasteiger partial charge < -0.3 is 16.2 Å². The van der Waals surface area contributed by atoms with Crippen molar-refractivity contribution in [3.63, 3.8) is 0 Å². The summed E-state index contributed by atoms with van der Waals surface area (Å²) in [6.45, 7) is 3.07. The molecule has 4 bridgehead atoms. The molecule has 1 aromatic heterocycles. The maximum absolute atomic E-state index is 13.3. The van der Waals surface area contributed by atoms with Crippen LogP contribution in [0.4, 0.5) is 11.5 Å². The number of rotatable bonds is 6. The molecule has 1 amide bonds. The van der Waals surface area contributed by atoms with E-state index in [1.165, 1.54) is 11.5 Å². The van der Waals surface area contributed by atoms with Crippen molar-refractivity contribution in [1.82, 2.24) is 9.13 Å². The second-order valence-corrected chi connectivity index (χ2v) is 8.99. The number of anilines is 2. The molecule has 5 rings (SSSR count). The molecule has 9 heteroatoms. The van der Waals surface area contributed by atoms with E-state index >= 15 is 0 Å². The fourth-order valence-electron chi connectivity index (χ4n) is 5.95. The molecule has 1 heterocycles. The van der Waals surface area contributed by atoms with Crippen LogP contribution in [0.25, 0.3) is 0 Å². The van der Waals surface area contributed by atoms with E-state index < -0.39 is 16.7 Å². The third kappa shape index (κ3) is 2.86. The molecule has 1 aromatic rings. The average molecular weight is 404 g/mol. The molecule has 0 aliphatic heterocycles. The zero-order valence-corrected chi connectivity index (χ0v) is 16.8. The molecule has 4 aliphatic rings. The van der Waals surface area contributed by atoms with Crippen LogP contribution < -0.4 is 22.3 Å². The van der Waals surface area contributed by atoms with Gasteiger partial charge in [0.2, 0.25) is 5.91 Å². The van der Waals surface area contributed by atoms with E-state index in [1.807, 2.05) is 6.92 Å². The van der Waals surface area contributed by atoms with Gasteiger partial charge in [-0.05, 0) is 56.8 Å². The number of nitrogens with two attached hydrogens (primary N) is 1. The summed E-state index contributed by atoms with van der Waals surface area (Å²) in [5, 5.41) is 13.1. The number of hydrogen-bond donors (Lipinski definition) is 3. The van der Waals surface area contributed by atoms with Crippen molar-refractivity contribution in [3.05, 3.63) is 20.8 Å². The number of aliphatic hydroxyl groups is 1. The average Bonchev–Trinajstić information content (AvgIpc) is 3.14. The Kier molecular flexibility index (Phi) is 4.68. The molecule has 29 heavy (non-hydrogen) atoms. The summed E-state index contributed by atoms with van der Waals surface area (Å²) in [5.74, 6) is -0.238. The standard InChI is InChI=1S/C20H28N4O5/c1-3-4-23-16(21)14(17(27)24(19(23)29)9-10(2)25)22-18(28)20-7-11-5-13(20)6-12(8-20)15(11)26/h11-13,15,26H,3-9,21H2,1-2H3,(H,22,28)/t11-,12?,13?,15?,20?/m1/s1. The molecule has 0 aromatic carbocycles. The van der Waals surface area contributed by atoms with Gasteiger partial charge in [0.15, 0.2) is 0 Å². The topological polar surface area (TPSA) is 136 Å². The second-order valence-electron chi connectivity index (χ2n) is 8.99. The van der Waals surface area contributed by atoms with Crippen LogP contribution in [0.3, 0.4) is 0 Å². The molecular weight excluding hydrogens is 376 g/mol. The first-order valence-corrected chi connectivity index (χ1v) is 10.3. The van der Waals surface area contributed by atoms with Gasteiger partial charge in [-0.3, -0.25) is 23.5 Å². The Morgan fingerprint density at radius 2 is 1.83 bits per heavy atom. The van der Waals surface area contributed by atoms with E-state index in [1.54, 1.807) is 0 Å². The lowest BCUT2D eigenvalue weighted by molar-refractivity contribution is -0.128. The number of nitrogen functional groups attached to an aromatic ring is 1. The van der Waals surface area contributed by atoms with E-state index in [4.69, 9.17) is 5.73 Å². The van der Waals surface area contributed by atoms with E-state index in [0.29, 0.717) is 19.3 Å². The lowest BCUT2D eigenvalue weighted by atomic mass is 9.73. The van der Waals surface area contributed by atoms with Crippen LogP contribution in [0.15, 0.2) is 9.59 Å². The molecular formula is C20H28N4O5. The molecule has 158 valence electrons. The highest BCUT2D eigenvalue weighted by atomic mass is 16.3. The zero-order chi connectivity index (χ0) is 21.1. The number of Topliss-reactive ketones (excluding diaryl/α,β-unsaturated/α-hetero) is 1. The van der Waals surface area contributed by atoms with E-state index in [2.05, 4.69) is 5.32 Å². The molecule has 4 saturated carbocycles. The first kappa shape index (κ1) is 19.9. The minimum Gasteiger partial charge on any atom is -0.393 e. The maximum Gasteiger partial charge on any atom is 0.333 e. The number of nitrogens with one attached hydrogen (secondary N) is 1. The fourth-order valence-corrected chi connectivity index (χ4v) is 5.95. The summed E-state index contributed by atoms with van der Waals surface area (Å²) in [7, 11) is 0. The van der Waals surface area contributed by atoms with Crippen LogP contribution in [0.2, 0.25) is 0 Å². The van der Waals surface area contributed by atoms with Gasteiger partial charge >= 0.3 is 5.69 Å². The SMILES string of the molecule is CCCn1c(N)c(NC(=O)C23CC4CC2C[C@H](C3)C4O)c(=O)n(CC(C)=O)c1=O. The number of aromatic nitrogens is 2. The molecule has 0 spiro atoms. The number of carbonyl (C=O) groups is 2. The Labute approximate surface area is 167 Å². The summed E-state index contributed by atoms with van der Waals surface area (Å²) in [4.78, 5) is 50.5. The summed E-state index contributed by atoms with van der Waals surface area (Å²) >= 11 is 0. The number of amides is 1. The van der Waals surface area contributed by atoms with Crippen LogP contribution in [0.5, 0.6) is 0 Å². The van der Waals surface area contributed by atoms with Crippen molar-refractivity contribution < 1.29 is 14.7 Å². The van der Waals surface area contributed by atoms with Gasteiger partial charge in [0.05, 0.1) is 18.1 Å². The quantitative estimate of drug-likeness (QED) is 0.625. The van der Waals surface area contributed by atoms with Gasteiger partial charge in [-0.2, -0.15) is 0 Å². The largest absolute Gasteiger partial charge is 0.393 e. The first-order chi connectivity index (χ1) is 13.7. The Balaban J connectivity index is 1.73. The lowest BCUT2D eigenvalue weighted by Crippen LogP contribution is -2.46. The minimum atomic E-state index is -0.752. The number of hydrogen-bond acceptors (Lipinski definition) is 6. The van der Waals surface area contributed by atoms with Crippen LogP contribution >= 0.6 is 0 Å². The van der Waals surface area contributed by atoms with E-state index in [-0.39, 0.29) is 60.1 Å². The van der Waals surface area contributed by atoms with E-state index in [9.17, 15) is 24.3 Å². The normalized spacial score (nSPS) is 32.0. The van der Waals surface area contributed by atoms with E-state index in [0.717, 1.165) is 17.4 Å². The van der Waals surface area contributed by atoms with Gasteiger partial charge in [0.1, 0.15) is 17.3 Å². The van der Waals surface area contributed by atoms with Gasteiger partial charge in [0, 0.05) is 6.54 Å². The summed E-state index contributed by atoms with van der Waals surface area (Å²) in [6.07, 6.45) is 3.12. The number of ketones is 1. The highest BCUT2D eigenvalue weighted by molar-refractivity contribution is 5.98. The van der Waals surface area contributed by atoms with Crippen molar-refractivity contribution in [2.45, 2.75) is 65.1 Å². The Morgan fingerprint density at radius 3 is 2.38 bits per heavy atom. The molecule has 0 radical (unpaired) electrons. The lowest BCUT2D eigenvalue weighted by Gasteiger charge is -2.35. The van der Waals surface area contributed by atoms with Gasteiger partial charge in [-0.15, -0.1) is 0 Å². The first-order valence-electron chi connectivity index (χ1n) is 10.3. The molecule has 0 saturated heterocycles. The molecule has 4 fully saturated rings. The minimum absolute atomic E-state index is 0.0795. The predicted molar refractivity (Wildman–Crippen MR) is 106 cm³/mol. The highest BCUT2D eigenvalue weighted by Crippen LogP contribution is 2.65. The smallest absolute Gasteiger partial charge is 0.333 e. The zero-order valence-electron chi connectivity index (χ0n) is 16.8. The molecule has 5 atom stereocenters. The maximum atomic E-state index is 13.3. The number of carbonyl (C=O) groups excluding carboxylic acids is 2. The number of aliphatic hydroxyl groups excluding tert-OH is 1. The summed E-state index contributed by atoms with van der Waals surface area (Å²) in [6, 6.07) is 0. The second kappa shape index (κ2) is 6.83. The van der Waals surface area contributed by atoms with Gasteiger partial charge in [0.25, 0.3) is 5.56 Å². The van der Waals surface area contributed by atoms with Gasteiger partial charge in [-0.1, -0.05) is 6.92 Å². The molecule has 4 aliphatic carbocycles. The fraction of sp³-hybridized carbons (Fsp3) is 0.700. The Bertz CT molecular complexity index is 978.